The lowest BCUT2D eigenvalue weighted by molar-refractivity contribution is -0.120. The topological polar surface area (TPSA) is 46.4 Å². The number of para-hydroxylation sites is 1. The molecule has 1 aromatic heterocycles. The zero-order valence-electron chi connectivity index (χ0n) is 15.7. The molecule has 0 saturated heterocycles. The van der Waals surface area contributed by atoms with Crippen LogP contribution >= 0.6 is 15.9 Å². The Balaban J connectivity index is 1.71. The van der Waals surface area contributed by atoms with Crippen LogP contribution in [0, 0.1) is 20.8 Å². The van der Waals surface area contributed by atoms with Gasteiger partial charge in [0.2, 0.25) is 5.91 Å². The van der Waals surface area contributed by atoms with Crippen molar-refractivity contribution in [3.05, 3.63) is 87.1 Å². The summed E-state index contributed by atoms with van der Waals surface area (Å²) in [6.45, 7) is 6.23. The van der Waals surface area contributed by atoms with Crippen molar-refractivity contribution in [2.45, 2.75) is 27.2 Å². The average Bonchev–Trinajstić information content (AvgIpc) is 2.91. The van der Waals surface area contributed by atoms with Gasteiger partial charge in [0.15, 0.2) is 0 Å². The van der Waals surface area contributed by atoms with Crippen LogP contribution in [0.1, 0.15) is 28.1 Å². The minimum absolute atomic E-state index is 0.138. The molecule has 5 heteroatoms. The largest absolute Gasteiger partial charge is 0.318 e. The van der Waals surface area contributed by atoms with Crippen LogP contribution in [0.2, 0.25) is 0 Å². The molecule has 0 aliphatic heterocycles. The van der Waals surface area contributed by atoms with E-state index in [1.54, 1.807) is 6.21 Å². The highest BCUT2D eigenvalue weighted by molar-refractivity contribution is 9.10. The smallest absolute Gasteiger partial charge is 0.244 e. The van der Waals surface area contributed by atoms with Crippen LogP contribution in [0.25, 0.3) is 5.69 Å². The summed E-state index contributed by atoms with van der Waals surface area (Å²) in [4.78, 5) is 12.1. The third-order valence-electron chi connectivity index (χ3n) is 4.50. The molecule has 0 fully saturated rings. The number of rotatable bonds is 5. The minimum atomic E-state index is -0.138. The van der Waals surface area contributed by atoms with Crippen molar-refractivity contribution >= 4 is 28.1 Å². The van der Waals surface area contributed by atoms with Gasteiger partial charge in [0.05, 0.1) is 12.6 Å². The van der Waals surface area contributed by atoms with E-state index in [9.17, 15) is 4.79 Å². The lowest BCUT2D eigenvalue weighted by Gasteiger charge is -2.12. The molecule has 2 aromatic carbocycles. The fraction of sp³-hybridized carbons (Fsp3) is 0.182. The number of aryl methyl sites for hydroxylation is 2. The number of hydrogen-bond acceptors (Lipinski definition) is 2. The molecule has 0 saturated carbocycles. The average molecular weight is 424 g/mol. The van der Waals surface area contributed by atoms with E-state index in [-0.39, 0.29) is 5.91 Å². The molecule has 3 rings (SSSR count). The summed E-state index contributed by atoms with van der Waals surface area (Å²) in [5, 5.41) is 4.14. The van der Waals surface area contributed by atoms with Gasteiger partial charge in [0.1, 0.15) is 0 Å². The maximum atomic E-state index is 12.1. The van der Waals surface area contributed by atoms with Gasteiger partial charge >= 0.3 is 0 Å². The van der Waals surface area contributed by atoms with Crippen molar-refractivity contribution < 1.29 is 4.79 Å². The number of benzene rings is 2. The molecule has 0 unspecified atom stereocenters. The second-order valence-corrected chi connectivity index (χ2v) is 7.46. The number of nitrogens with zero attached hydrogens (tertiary/aromatic N) is 2. The number of carbonyl (C=O) groups excluding carboxylic acids is 1. The zero-order valence-corrected chi connectivity index (χ0v) is 17.2. The van der Waals surface area contributed by atoms with Gasteiger partial charge in [0, 0.05) is 27.1 Å². The molecule has 0 atom stereocenters. The van der Waals surface area contributed by atoms with E-state index >= 15 is 0 Å². The first-order chi connectivity index (χ1) is 13.0. The van der Waals surface area contributed by atoms with Crippen molar-refractivity contribution in [2.24, 2.45) is 5.10 Å². The van der Waals surface area contributed by atoms with E-state index in [2.05, 4.69) is 70.0 Å². The number of aromatic nitrogens is 1. The molecule has 1 heterocycles. The molecule has 0 aliphatic carbocycles. The fourth-order valence-corrected chi connectivity index (χ4v) is 3.37. The third-order valence-corrected chi connectivity index (χ3v) is 5.03. The van der Waals surface area contributed by atoms with Crippen LogP contribution in [0.4, 0.5) is 0 Å². The Hall–Kier alpha value is -2.66. The highest BCUT2D eigenvalue weighted by atomic mass is 79.9. The van der Waals surface area contributed by atoms with Crippen molar-refractivity contribution in [1.82, 2.24) is 9.99 Å². The predicted octanol–water partition coefficient (Wildman–Crippen LogP) is 4.86. The molecule has 138 valence electrons. The number of hydrogen-bond donors (Lipinski definition) is 1. The van der Waals surface area contributed by atoms with Crippen molar-refractivity contribution in [1.29, 1.82) is 0 Å². The summed E-state index contributed by atoms with van der Waals surface area (Å²) >= 11 is 3.39. The molecule has 0 bridgehead atoms. The normalized spacial score (nSPS) is 11.1. The maximum Gasteiger partial charge on any atom is 0.244 e. The van der Waals surface area contributed by atoms with Gasteiger partial charge in [-0.1, -0.05) is 46.3 Å². The quantitative estimate of drug-likeness (QED) is 0.462. The van der Waals surface area contributed by atoms with Crippen molar-refractivity contribution in [3.8, 4) is 5.69 Å². The SMILES string of the molecule is Cc1ccccc1-n1c(C)cc(/C=N/NC(=O)Cc2ccc(Br)cc2)c1C. The van der Waals surface area contributed by atoms with E-state index in [0.29, 0.717) is 6.42 Å². The van der Waals surface area contributed by atoms with E-state index in [1.165, 1.54) is 5.56 Å². The first kappa shape index (κ1) is 19.1. The van der Waals surface area contributed by atoms with Crippen LogP contribution in [-0.4, -0.2) is 16.7 Å². The minimum Gasteiger partial charge on any atom is -0.318 e. The van der Waals surface area contributed by atoms with Crippen LogP contribution < -0.4 is 5.43 Å². The van der Waals surface area contributed by atoms with Gasteiger partial charge in [-0.25, -0.2) is 5.43 Å². The number of halogens is 1. The number of nitrogens with one attached hydrogen (secondary N) is 1. The van der Waals surface area contributed by atoms with Gasteiger partial charge in [-0.3, -0.25) is 4.79 Å². The lowest BCUT2D eigenvalue weighted by atomic mass is 10.1. The second-order valence-electron chi connectivity index (χ2n) is 6.54. The molecule has 27 heavy (non-hydrogen) atoms. The third kappa shape index (κ3) is 4.55. The molecular weight excluding hydrogens is 402 g/mol. The van der Waals surface area contributed by atoms with E-state index in [0.717, 1.165) is 32.7 Å². The van der Waals surface area contributed by atoms with Gasteiger partial charge in [-0.15, -0.1) is 0 Å². The standard InChI is InChI=1S/C22H22BrN3O/c1-15-6-4-5-7-21(15)26-16(2)12-19(17(26)3)14-24-25-22(27)13-18-8-10-20(23)11-9-18/h4-12,14H,13H2,1-3H3,(H,25,27)/b24-14+. The predicted molar refractivity (Wildman–Crippen MR) is 114 cm³/mol. The van der Waals surface area contributed by atoms with Crippen LogP contribution in [0.3, 0.4) is 0 Å². The van der Waals surface area contributed by atoms with Crippen LogP contribution in [0.5, 0.6) is 0 Å². The highest BCUT2D eigenvalue weighted by Crippen LogP contribution is 2.22. The Bertz CT molecular complexity index is 987. The molecule has 3 aromatic rings. The number of hydrazone groups is 1. The summed E-state index contributed by atoms with van der Waals surface area (Å²) in [5.41, 5.74) is 9.14. The Morgan fingerprint density at radius 1 is 1.11 bits per heavy atom. The monoisotopic (exact) mass is 423 g/mol. The van der Waals surface area contributed by atoms with Gasteiger partial charge in [0.25, 0.3) is 0 Å². The molecule has 1 amide bonds. The highest BCUT2D eigenvalue weighted by Gasteiger charge is 2.11. The van der Waals surface area contributed by atoms with E-state index < -0.39 is 0 Å². The Labute approximate surface area is 168 Å². The maximum absolute atomic E-state index is 12.1. The molecular formula is C22H22BrN3O. The zero-order chi connectivity index (χ0) is 19.4. The summed E-state index contributed by atoms with van der Waals surface area (Å²) in [5.74, 6) is -0.138. The fourth-order valence-electron chi connectivity index (χ4n) is 3.10. The lowest BCUT2D eigenvalue weighted by Crippen LogP contribution is -2.19. The summed E-state index contributed by atoms with van der Waals surface area (Å²) < 4.78 is 3.20. The first-order valence-electron chi connectivity index (χ1n) is 8.77. The Morgan fingerprint density at radius 3 is 2.52 bits per heavy atom. The summed E-state index contributed by atoms with van der Waals surface area (Å²) in [6, 6.07) is 18.0. The molecule has 0 radical (unpaired) electrons. The Morgan fingerprint density at radius 2 is 1.81 bits per heavy atom. The van der Waals surface area contributed by atoms with Crippen LogP contribution in [0.15, 0.2) is 64.2 Å². The van der Waals surface area contributed by atoms with Gasteiger partial charge < -0.3 is 4.57 Å². The molecule has 0 spiro atoms. The summed E-state index contributed by atoms with van der Waals surface area (Å²) in [6.07, 6.45) is 2.00. The number of amides is 1. The second kappa shape index (κ2) is 8.35. The van der Waals surface area contributed by atoms with Crippen LogP contribution in [-0.2, 0) is 11.2 Å². The van der Waals surface area contributed by atoms with Gasteiger partial charge in [-0.05, 0) is 56.2 Å². The van der Waals surface area contributed by atoms with E-state index in [4.69, 9.17) is 0 Å². The molecule has 4 nitrogen and oxygen atoms in total. The molecule has 0 aliphatic rings. The first-order valence-corrected chi connectivity index (χ1v) is 9.56. The number of carbonyl (C=O) groups is 1. The van der Waals surface area contributed by atoms with Crippen molar-refractivity contribution in [3.63, 3.8) is 0 Å². The Kier molecular flexibility index (Phi) is 5.91. The van der Waals surface area contributed by atoms with Crippen molar-refractivity contribution in [2.75, 3.05) is 0 Å². The summed E-state index contributed by atoms with van der Waals surface area (Å²) in [7, 11) is 0. The molecule has 1 N–H and O–H groups in total. The van der Waals surface area contributed by atoms with Gasteiger partial charge in [-0.2, -0.15) is 5.10 Å². The van der Waals surface area contributed by atoms with E-state index in [1.807, 2.05) is 36.4 Å².